The Hall–Kier alpha value is -1.66. The van der Waals surface area contributed by atoms with Crippen molar-refractivity contribution in [3.8, 4) is 0 Å². The van der Waals surface area contributed by atoms with E-state index in [-0.39, 0.29) is 0 Å². The van der Waals surface area contributed by atoms with Gasteiger partial charge in [0.1, 0.15) is 0 Å². The second kappa shape index (κ2) is 6.41. The lowest BCUT2D eigenvalue weighted by Crippen LogP contribution is -2.46. The molecule has 2 N–H and O–H groups in total. The molecule has 21 heavy (non-hydrogen) atoms. The van der Waals surface area contributed by atoms with E-state index in [0.717, 1.165) is 48.8 Å². The van der Waals surface area contributed by atoms with Crippen LogP contribution in [0.25, 0.3) is 0 Å². The van der Waals surface area contributed by atoms with Gasteiger partial charge in [-0.25, -0.2) is 9.97 Å². The molecule has 5 nitrogen and oxygen atoms in total. The minimum Gasteiger partial charge on any atom is -0.399 e. The van der Waals surface area contributed by atoms with Crippen LogP contribution in [0.1, 0.15) is 5.56 Å². The Morgan fingerprint density at radius 2 is 1.76 bits per heavy atom. The van der Waals surface area contributed by atoms with Crippen LogP contribution in [0.5, 0.6) is 0 Å². The highest BCUT2D eigenvalue weighted by Crippen LogP contribution is 2.19. The fraction of sp³-hybridized carbons (Fsp3) is 0.333. The maximum Gasteiger partial charge on any atom is 0.225 e. The molecule has 1 aromatic heterocycles. The monoisotopic (exact) mass is 347 g/mol. The average molecular weight is 348 g/mol. The van der Waals surface area contributed by atoms with E-state index in [4.69, 9.17) is 5.73 Å². The third-order valence-corrected chi connectivity index (χ3v) is 4.05. The number of hydrogen-bond acceptors (Lipinski definition) is 5. The molecule has 2 aromatic rings. The second-order valence-electron chi connectivity index (χ2n) is 5.20. The van der Waals surface area contributed by atoms with Gasteiger partial charge in [0.05, 0.1) is 0 Å². The fourth-order valence-electron chi connectivity index (χ4n) is 2.59. The van der Waals surface area contributed by atoms with E-state index in [1.807, 2.05) is 18.2 Å². The zero-order valence-corrected chi connectivity index (χ0v) is 13.3. The molecule has 1 aliphatic heterocycles. The van der Waals surface area contributed by atoms with Crippen molar-refractivity contribution in [2.45, 2.75) is 6.54 Å². The maximum atomic E-state index is 5.89. The lowest BCUT2D eigenvalue weighted by atomic mass is 10.2. The Morgan fingerprint density at radius 3 is 2.43 bits per heavy atom. The molecule has 0 saturated carbocycles. The van der Waals surface area contributed by atoms with Gasteiger partial charge in [0, 0.05) is 55.3 Å². The highest BCUT2D eigenvalue weighted by atomic mass is 79.9. The van der Waals surface area contributed by atoms with E-state index in [9.17, 15) is 0 Å². The summed E-state index contributed by atoms with van der Waals surface area (Å²) in [6.45, 7) is 4.84. The van der Waals surface area contributed by atoms with Crippen molar-refractivity contribution >= 4 is 27.6 Å². The summed E-state index contributed by atoms with van der Waals surface area (Å²) in [5, 5.41) is 0. The normalized spacial score (nSPS) is 16.1. The van der Waals surface area contributed by atoms with Crippen molar-refractivity contribution in [2.24, 2.45) is 0 Å². The number of aromatic nitrogens is 2. The largest absolute Gasteiger partial charge is 0.399 e. The second-order valence-corrected chi connectivity index (χ2v) is 6.12. The Morgan fingerprint density at radius 1 is 1.05 bits per heavy atom. The van der Waals surface area contributed by atoms with Crippen molar-refractivity contribution in [1.82, 2.24) is 14.9 Å². The molecule has 0 radical (unpaired) electrons. The number of benzene rings is 1. The predicted molar refractivity (Wildman–Crippen MR) is 88.1 cm³/mol. The Balaban J connectivity index is 1.58. The predicted octanol–water partition coefficient (Wildman–Crippen LogP) is 2.14. The lowest BCUT2D eigenvalue weighted by Gasteiger charge is -2.34. The van der Waals surface area contributed by atoms with E-state index < -0.39 is 0 Å². The molecule has 2 heterocycles. The van der Waals surface area contributed by atoms with Crippen molar-refractivity contribution in [3.05, 3.63) is 46.7 Å². The van der Waals surface area contributed by atoms with Crippen LogP contribution in [-0.2, 0) is 6.54 Å². The van der Waals surface area contributed by atoms with Crippen LogP contribution in [0, 0.1) is 0 Å². The molecular formula is C15H18BrN5. The van der Waals surface area contributed by atoms with E-state index in [0.29, 0.717) is 0 Å². The van der Waals surface area contributed by atoms with Gasteiger partial charge in [-0.2, -0.15) is 0 Å². The number of halogens is 1. The molecule has 0 amide bonds. The quantitative estimate of drug-likeness (QED) is 0.862. The van der Waals surface area contributed by atoms with Crippen molar-refractivity contribution < 1.29 is 0 Å². The lowest BCUT2D eigenvalue weighted by molar-refractivity contribution is 0.248. The van der Waals surface area contributed by atoms with Gasteiger partial charge in [-0.1, -0.05) is 15.9 Å². The number of hydrogen-bond donors (Lipinski definition) is 1. The Labute approximate surface area is 132 Å². The number of nitrogen functional groups attached to an aromatic ring is 1. The molecule has 0 spiro atoms. The summed E-state index contributed by atoms with van der Waals surface area (Å²) >= 11 is 3.49. The van der Waals surface area contributed by atoms with Crippen LogP contribution in [0.4, 0.5) is 11.6 Å². The summed E-state index contributed by atoms with van der Waals surface area (Å²) in [6.07, 6.45) is 3.58. The van der Waals surface area contributed by atoms with Gasteiger partial charge < -0.3 is 10.6 Å². The topological polar surface area (TPSA) is 58.3 Å². The molecule has 0 atom stereocenters. The zero-order valence-electron chi connectivity index (χ0n) is 11.7. The molecule has 6 heteroatoms. The van der Waals surface area contributed by atoms with Crippen LogP contribution in [-0.4, -0.2) is 41.0 Å². The maximum absolute atomic E-state index is 5.89. The highest BCUT2D eigenvalue weighted by molar-refractivity contribution is 9.10. The molecule has 1 aromatic carbocycles. The molecule has 1 aliphatic rings. The summed E-state index contributed by atoms with van der Waals surface area (Å²) in [5.74, 6) is 0.823. The van der Waals surface area contributed by atoms with Crippen LogP contribution >= 0.6 is 15.9 Å². The summed E-state index contributed by atoms with van der Waals surface area (Å²) in [5.41, 5.74) is 7.93. The summed E-state index contributed by atoms with van der Waals surface area (Å²) in [7, 11) is 0. The Bertz CT molecular complexity index is 576. The standard InChI is InChI=1S/C15H18BrN5/c16-13-8-12(9-14(17)10-13)11-20-4-6-21(7-5-20)15-18-2-1-3-19-15/h1-3,8-10H,4-7,11,17H2. The third kappa shape index (κ3) is 3.71. The van der Waals surface area contributed by atoms with Crippen molar-refractivity contribution in [3.63, 3.8) is 0 Å². The zero-order chi connectivity index (χ0) is 14.7. The number of rotatable bonds is 3. The summed E-state index contributed by atoms with van der Waals surface area (Å²) < 4.78 is 1.04. The molecule has 1 fully saturated rings. The molecule has 0 aliphatic carbocycles. The minimum absolute atomic E-state index is 0.802. The summed E-state index contributed by atoms with van der Waals surface area (Å²) in [6, 6.07) is 7.94. The van der Waals surface area contributed by atoms with Crippen LogP contribution in [0.2, 0.25) is 0 Å². The first kappa shape index (κ1) is 14.3. The number of anilines is 2. The van der Waals surface area contributed by atoms with Gasteiger partial charge >= 0.3 is 0 Å². The van der Waals surface area contributed by atoms with Gasteiger partial charge in [-0.05, 0) is 29.8 Å². The first-order valence-corrected chi connectivity index (χ1v) is 7.79. The van der Waals surface area contributed by atoms with E-state index >= 15 is 0 Å². The molecule has 3 rings (SSSR count). The van der Waals surface area contributed by atoms with Crippen LogP contribution < -0.4 is 10.6 Å². The number of nitrogens with two attached hydrogens (primary N) is 1. The van der Waals surface area contributed by atoms with Gasteiger partial charge in [-0.3, -0.25) is 4.90 Å². The molecule has 0 bridgehead atoms. The highest BCUT2D eigenvalue weighted by Gasteiger charge is 2.18. The molecule has 110 valence electrons. The SMILES string of the molecule is Nc1cc(Br)cc(CN2CCN(c3ncccn3)CC2)c1. The van der Waals surface area contributed by atoms with Gasteiger partial charge in [0.2, 0.25) is 5.95 Å². The van der Waals surface area contributed by atoms with Crippen molar-refractivity contribution in [2.75, 3.05) is 36.8 Å². The van der Waals surface area contributed by atoms with Crippen LogP contribution in [0.15, 0.2) is 41.1 Å². The smallest absolute Gasteiger partial charge is 0.225 e. The minimum atomic E-state index is 0.802. The Kier molecular flexibility index (Phi) is 4.36. The molecular weight excluding hydrogens is 330 g/mol. The van der Waals surface area contributed by atoms with Gasteiger partial charge in [0.15, 0.2) is 0 Å². The van der Waals surface area contributed by atoms with Gasteiger partial charge in [0.25, 0.3) is 0 Å². The molecule has 0 unspecified atom stereocenters. The van der Waals surface area contributed by atoms with E-state index in [2.05, 4.69) is 41.8 Å². The molecule has 1 saturated heterocycles. The third-order valence-electron chi connectivity index (χ3n) is 3.59. The van der Waals surface area contributed by atoms with Gasteiger partial charge in [-0.15, -0.1) is 0 Å². The first-order valence-electron chi connectivity index (χ1n) is 7.00. The summed E-state index contributed by atoms with van der Waals surface area (Å²) in [4.78, 5) is 13.3. The van der Waals surface area contributed by atoms with Crippen molar-refractivity contribution in [1.29, 1.82) is 0 Å². The fourth-order valence-corrected chi connectivity index (χ4v) is 3.14. The first-order chi connectivity index (χ1) is 10.2. The van der Waals surface area contributed by atoms with E-state index in [1.54, 1.807) is 12.4 Å². The van der Waals surface area contributed by atoms with Crippen LogP contribution in [0.3, 0.4) is 0 Å². The van der Waals surface area contributed by atoms with E-state index in [1.165, 1.54) is 5.56 Å². The number of nitrogens with zero attached hydrogens (tertiary/aromatic N) is 4. The number of piperazine rings is 1. The average Bonchev–Trinajstić information content (AvgIpc) is 2.48.